The summed E-state index contributed by atoms with van der Waals surface area (Å²) in [4.78, 5) is 11.6. The summed E-state index contributed by atoms with van der Waals surface area (Å²) < 4.78 is 13.9. The molecule has 9 nitrogen and oxygen atoms in total. The van der Waals surface area contributed by atoms with Crippen molar-refractivity contribution >= 4 is 33.9 Å². The highest BCUT2D eigenvalue weighted by molar-refractivity contribution is 5.97. The maximum Gasteiger partial charge on any atom is 0.227 e. The Hall–Kier alpha value is -3.82. The molecule has 194 valence electrons. The standard InChI is InChI=1S/C28H35N7O2/c1-17(15-34(3)4)31-21-14-24(36-5)27(18(2)26(21)29)33-28-30-11-10-20(32-28)25-19-8-6-7-9-22(19)35-12-13-37-16-23(25)35/h6-11,14,17,31H,12-13,15-16,29H2,1-5H3,(H,30,32,33). The van der Waals surface area contributed by atoms with E-state index >= 15 is 0 Å². The van der Waals surface area contributed by atoms with Crippen molar-refractivity contribution in [1.82, 2.24) is 19.4 Å². The van der Waals surface area contributed by atoms with Gasteiger partial charge in [0.1, 0.15) is 5.75 Å². The number of rotatable bonds is 8. The highest BCUT2D eigenvalue weighted by Crippen LogP contribution is 2.40. The summed E-state index contributed by atoms with van der Waals surface area (Å²) in [5.41, 5.74) is 13.9. The monoisotopic (exact) mass is 501 g/mol. The van der Waals surface area contributed by atoms with Crippen LogP contribution in [-0.4, -0.2) is 59.8 Å². The van der Waals surface area contributed by atoms with E-state index in [1.54, 1.807) is 13.3 Å². The van der Waals surface area contributed by atoms with Crippen LogP contribution in [0.4, 0.5) is 23.0 Å². The number of anilines is 4. The number of fused-ring (bicyclic) bond motifs is 3. The van der Waals surface area contributed by atoms with Crippen LogP contribution < -0.4 is 21.1 Å². The van der Waals surface area contributed by atoms with Gasteiger partial charge in [0, 0.05) is 53.4 Å². The normalized spacial score (nSPS) is 14.0. The lowest BCUT2D eigenvalue weighted by Gasteiger charge is -2.23. The van der Waals surface area contributed by atoms with Crippen molar-refractivity contribution in [3.8, 4) is 17.0 Å². The largest absolute Gasteiger partial charge is 0.494 e. The Morgan fingerprint density at radius 1 is 1.24 bits per heavy atom. The second-order valence-electron chi connectivity index (χ2n) is 9.78. The fraction of sp³-hybridized carbons (Fsp3) is 0.357. The first-order valence-corrected chi connectivity index (χ1v) is 12.5. The molecular weight excluding hydrogens is 466 g/mol. The van der Waals surface area contributed by atoms with Crippen molar-refractivity contribution in [2.24, 2.45) is 0 Å². The van der Waals surface area contributed by atoms with Crippen LogP contribution in [0.5, 0.6) is 5.75 Å². The number of hydrogen-bond acceptors (Lipinski definition) is 8. The Morgan fingerprint density at radius 2 is 2.05 bits per heavy atom. The maximum atomic E-state index is 6.56. The summed E-state index contributed by atoms with van der Waals surface area (Å²) in [5, 5.41) is 8.04. The van der Waals surface area contributed by atoms with E-state index in [0.717, 1.165) is 52.4 Å². The predicted molar refractivity (Wildman–Crippen MR) is 150 cm³/mol. The smallest absolute Gasteiger partial charge is 0.227 e. The first-order valence-electron chi connectivity index (χ1n) is 12.5. The second kappa shape index (κ2) is 10.3. The average molecular weight is 502 g/mol. The molecule has 1 aliphatic rings. The molecule has 0 amide bonds. The molecule has 0 radical (unpaired) electrons. The first-order chi connectivity index (χ1) is 17.9. The summed E-state index contributed by atoms with van der Waals surface area (Å²) in [6.45, 7) is 7.07. The van der Waals surface area contributed by atoms with Crippen LogP contribution in [0.1, 0.15) is 18.2 Å². The molecule has 9 heteroatoms. The van der Waals surface area contributed by atoms with Gasteiger partial charge in [0.05, 0.1) is 48.8 Å². The molecule has 0 bridgehead atoms. The van der Waals surface area contributed by atoms with Crippen LogP contribution in [0.25, 0.3) is 22.2 Å². The zero-order valence-electron chi connectivity index (χ0n) is 22.1. The molecule has 1 unspecified atom stereocenters. The topological polar surface area (TPSA) is 102 Å². The maximum absolute atomic E-state index is 6.56. The van der Waals surface area contributed by atoms with Gasteiger partial charge >= 0.3 is 0 Å². The highest BCUT2D eigenvalue weighted by Gasteiger charge is 2.23. The van der Waals surface area contributed by atoms with Gasteiger partial charge in [-0.05, 0) is 40.1 Å². The van der Waals surface area contributed by atoms with E-state index in [-0.39, 0.29) is 6.04 Å². The van der Waals surface area contributed by atoms with Crippen LogP contribution in [0.3, 0.4) is 0 Å². The van der Waals surface area contributed by atoms with Crippen molar-refractivity contribution in [2.45, 2.75) is 33.0 Å². The molecule has 4 N–H and O–H groups in total. The van der Waals surface area contributed by atoms with Crippen molar-refractivity contribution in [3.63, 3.8) is 0 Å². The van der Waals surface area contributed by atoms with E-state index in [9.17, 15) is 0 Å². The molecule has 0 aliphatic carbocycles. The quantitative estimate of drug-likeness (QED) is 0.300. The van der Waals surface area contributed by atoms with Crippen LogP contribution in [0, 0.1) is 6.92 Å². The Labute approximate surface area is 217 Å². The van der Waals surface area contributed by atoms with Gasteiger partial charge < -0.3 is 35.3 Å². The summed E-state index contributed by atoms with van der Waals surface area (Å²) in [6, 6.07) is 12.5. The number of nitrogens with zero attached hydrogens (tertiary/aromatic N) is 4. The fourth-order valence-electron chi connectivity index (χ4n) is 5.14. The number of hydrogen-bond donors (Lipinski definition) is 3. The number of nitrogens with one attached hydrogen (secondary N) is 2. The van der Waals surface area contributed by atoms with Crippen LogP contribution >= 0.6 is 0 Å². The Balaban J connectivity index is 1.51. The number of methoxy groups -OCH3 is 1. The zero-order chi connectivity index (χ0) is 26.1. The van der Waals surface area contributed by atoms with Gasteiger partial charge in [-0.1, -0.05) is 18.2 Å². The van der Waals surface area contributed by atoms with Crippen molar-refractivity contribution in [2.75, 3.05) is 50.7 Å². The van der Waals surface area contributed by atoms with Gasteiger partial charge in [0.25, 0.3) is 0 Å². The van der Waals surface area contributed by atoms with E-state index in [4.69, 9.17) is 20.2 Å². The lowest BCUT2D eigenvalue weighted by atomic mass is 10.1. The van der Waals surface area contributed by atoms with Gasteiger partial charge in [-0.25, -0.2) is 9.97 Å². The van der Waals surface area contributed by atoms with Gasteiger partial charge in [-0.2, -0.15) is 0 Å². The molecule has 2 aromatic carbocycles. The zero-order valence-corrected chi connectivity index (χ0v) is 22.1. The molecular formula is C28H35N7O2. The number of likely N-dealkylation sites (N-methyl/N-ethyl adjacent to an activating group) is 1. The van der Waals surface area contributed by atoms with Crippen molar-refractivity contribution in [3.05, 3.63) is 53.9 Å². The van der Waals surface area contributed by atoms with E-state index in [1.807, 2.05) is 33.2 Å². The summed E-state index contributed by atoms with van der Waals surface area (Å²) in [7, 11) is 5.75. The first kappa shape index (κ1) is 24.9. The van der Waals surface area contributed by atoms with Gasteiger partial charge in [-0.3, -0.25) is 0 Å². The molecule has 0 spiro atoms. The lowest BCUT2D eigenvalue weighted by molar-refractivity contribution is 0.0869. The summed E-state index contributed by atoms with van der Waals surface area (Å²) in [5.74, 6) is 1.14. The molecule has 5 rings (SSSR count). The Bertz CT molecular complexity index is 1430. The Morgan fingerprint density at radius 3 is 2.84 bits per heavy atom. The molecule has 1 atom stereocenters. The van der Waals surface area contributed by atoms with Crippen LogP contribution in [0.15, 0.2) is 42.6 Å². The third-order valence-corrected chi connectivity index (χ3v) is 6.78. The number of nitrogens with two attached hydrogens (primary N) is 1. The minimum absolute atomic E-state index is 0.215. The predicted octanol–water partition coefficient (Wildman–Crippen LogP) is 4.63. The third-order valence-electron chi connectivity index (χ3n) is 6.78. The van der Waals surface area contributed by atoms with E-state index in [1.165, 1.54) is 5.52 Å². The summed E-state index contributed by atoms with van der Waals surface area (Å²) >= 11 is 0. The van der Waals surface area contributed by atoms with Crippen LogP contribution in [-0.2, 0) is 17.9 Å². The SMILES string of the molecule is COc1cc(NC(C)CN(C)C)c(N)c(C)c1Nc1nccc(-c2c3n(c4ccccc24)CCOC3)n1. The molecule has 1 aliphatic heterocycles. The number of ether oxygens (including phenoxy) is 2. The molecule has 0 saturated carbocycles. The number of benzene rings is 2. The van der Waals surface area contributed by atoms with Gasteiger partial charge in [0.2, 0.25) is 5.95 Å². The van der Waals surface area contributed by atoms with E-state index in [2.05, 4.69) is 56.3 Å². The lowest BCUT2D eigenvalue weighted by Crippen LogP contribution is -2.30. The van der Waals surface area contributed by atoms with E-state index in [0.29, 0.717) is 30.6 Å². The van der Waals surface area contributed by atoms with Gasteiger partial charge in [-0.15, -0.1) is 0 Å². The second-order valence-corrected chi connectivity index (χ2v) is 9.78. The minimum Gasteiger partial charge on any atom is -0.494 e. The van der Waals surface area contributed by atoms with Crippen molar-refractivity contribution in [1.29, 1.82) is 0 Å². The third kappa shape index (κ3) is 4.80. The molecule has 2 aromatic heterocycles. The highest BCUT2D eigenvalue weighted by atomic mass is 16.5. The van der Waals surface area contributed by atoms with Crippen molar-refractivity contribution < 1.29 is 9.47 Å². The Kier molecular flexibility index (Phi) is 6.90. The number of aromatic nitrogens is 3. The molecule has 0 saturated heterocycles. The van der Waals surface area contributed by atoms with Crippen LogP contribution in [0.2, 0.25) is 0 Å². The number of nitrogen functional groups attached to an aromatic ring is 1. The fourth-order valence-corrected chi connectivity index (χ4v) is 5.14. The molecule has 3 heterocycles. The average Bonchev–Trinajstić information content (AvgIpc) is 3.22. The van der Waals surface area contributed by atoms with E-state index < -0.39 is 0 Å². The summed E-state index contributed by atoms with van der Waals surface area (Å²) in [6.07, 6.45) is 1.78. The molecule has 37 heavy (non-hydrogen) atoms. The molecule has 0 fully saturated rings. The number of para-hydroxylation sites is 1. The molecule has 4 aromatic rings. The minimum atomic E-state index is 0.215. The van der Waals surface area contributed by atoms with Gasteiger partial charge in [0.15, 0.2) is 0 Å².